The van der Waals surface area contributed by atoms with Crippen LogP contribution in [0.5, 0.6) is 0 Å². The highest BCUT2D eigenvalue weighted by molar-refractivity contribution is 7.91. The molecule has 0 saturated carbocycles. The Morgan fingerprint density at radius 3 is 2.79 bits per heavy atom. The molecule has 0 radical (unpaired) electrons. The molecule has 1 aromatic heterocycles. The highest BCUT2D eigenvalue weighted by Gasteiger charge is 2.27. The fourth-order valence-corrected chi connectivity index (χ4v) is 4.67. The Morgan fingerprint density at radius 2 is 2.16 bits per heavy atom. The van der Waals surface area contributed by atoms with Crippen molar-refractivity contribution in [1.29, 1.82) is 5.26 Å². The quantitative estimate of drug-likeness (QED) is 0.820. The summed E-state index contributed by atoms with van der Waals surface area (Å²) >= 11 is 1.16. The summed E-state index contributed by atoms with van der Waals surface area (Å²) in [7, 11) is -3.44. The Morgan fingerprint density at radius 1 is 1.42 bits per heavy atom. The highest BCUT2D eigenvalue weighted by Crippen LogP contribution is 2.41. The lowest BCUT2D eigenvalue weighted by Gasteiger charge is -2.21. The van der Waals surface area contributed by atoms with Crippen molar-refractivity contribution in [2.75, 3.05) is 43.1 Å². The summed E-state index contributed by atoms with van der Waals surface area (Å²) in [5.41, 5.74) is 5.90. The molecule has 2 rings (SSSR count). The molecular weight excluding hydrogens is 284 g/mol. The van der Waals surface area contributed by atoms with Crippen LogP contribution in [0.2, 0.25) is 0 Å². The number of nitrogens with one attached hydrogen (secondary N) is 1. The third-order valence-corrected chi connectivity index (χ3v) is 5.44. The first-order valence-corrected chi connectivity index (χ1v) is 8.64. The molecule has 1 aliphatic rings. The van der Waals surface area contributed by atoms with Gasteiger partial charge in [-0.25, -0.2) is 8.42 Å². The van der Waals surface area contributed by atoms with E-state index in [-0.39, 0.29) is 15.5 Å². The van der Waals surface area contributed by atoms with Crippen LogP contribution in [0.1, 0.15) is 11.3 Å². The lowest BCUT2D eigenvalue weighted by molar-refractivity contribution is 0.602. The molecule has 0 unspecified atom stereocenters. The van der Waals surface area contributed by atoms with Crippen LogP contribution in [0.3, 0.4) is 0 Å². The number of sulfone groups is 1. The van der Waals surface area contributed by atoms with Gasteiger partial charge in [0, 0.05) is 25.9 Å². The average Bonchev–Trinajstić information content (AvgIpc) is 2.53. The SMILES string of the molecule is CS(=O)(=O)c1c(N2CCCNCC2)sc(C#N)c1N. The van der Waals surface area contributed by atoms with Gasteiger partial charge >= 0.3 is 0 Å². The van der Waals surface area contributed by atoms with E-state index in [0.29, 0.717) is 11.5 Å². The largest absolute Gasteiger partial charge is 0.396 e. The molecule has 0 amide bonds. The second-order valence-electron chi connectivity index (χ2n) is 4.45. The molecule has 0 aromatic carbocycles. The Labute approximate surface area is 116 Å². The number of nitrogen functional groups attached to an aromatic ring is 1. The minimum Gasteiger partial charge on any atom is -0.396 e. The number of nitrogens with zero attached hydrogens (tertiary/aromatic N) is 2. The molecule has 0 atom stereocenters. The number of nitrogens with two attached hydrogens (primary N) is 1. The standard InChI is InChI=1S/C11H16N4O2S2/c1-19(16,17)10-9(13)8(7-12)18-11(10)15-5-2-3-14-4-6-15/h14H,2-6,13H2,1H3. The van der Waals surface area contributed by atoms with E-state index >= 15 is 0 Å². The van der Waals surface area contributed by atoms with Crippen LogP contribution in [0, 0.1) is 11.3 Å². The number of rotatable bonds is 2. The number of nitriles is 1. The lowest BCUT2D eigenvalue weighted by Crippen LogP contribution is -2.28. The molecule has 1 saturated heterocycles. The predicted octanol–water partition coefficient (Wildman–Crippen LogP) is 0.405. The van der Waals surface area contributed by atoms with Crippen LogP contribution in [0.15, 0.2) is 4.90 Å². The molecule has 0 bridgehead atoms. The van der Waals surface area contributed by atoms with E-state index in [9.17, 15) is 8.42 Å². The third kappa shape index (κ3) is 2.83. The third-order valence-electron chi connectivity index (χ3n) is 2.98. The van der Waals surface area contributed by atoms with Crippen LogP contribution in [-0.2, 0) is 9.84 Å². The number of hydrogen-bond acceptors (Lipinski definition) is 7. The van der Waals surface area contributed by atoms with Crippen molar-refractivity contribution in [2.24, 2.45) is 0 Å². The van der Waals surface area contributed by atoms with Gasteiger partial charge in [-0.1, -0.05) is 0 Å². The van der Waals surface area contributed by atoms with Gasteiger partial charge in [-0.3, -0.25) is 0 Å². The molecule has 2 heterocycles. The van der Waals surface area contributed by atoms with Crippen LogP contribution in [0.25, 0.3) is 0 Å². The number of thiophene rings is 1. The molecule has 3 N–H and O–H groups in total. The van der Waals surface area contributed by atoms with E-state index in [1.807, 2.05) is 11.0 Å². The first kappa shape index (κ1) is 14.1. The average molecular weight is 300 g/mol. The second-order valence-corrected chi connectivity index (χ2v) is 7.41. The van der Waals surface area contributed by atoms with Gasteiger partial charge in [-0.15, -0.1) is 11.3 Å². The molecule has 0 spiro atoms. The number of hydrogen-bond donors (Lipinski definition) is 2. The summed E-state index contributed by atoms with van der Waals surface area (Å²) in [6.07, 6.45) is 2.06. The van der Waals surface area contributed by atoms with Crippen molar-refractivity contribution < 1.29 is 8.42 Å². The molecule has 0 aliphatic carbocycles. The van der Waals surface area contributed by atoms with Crippen molar-refractivity contribution in [3.63, 3.8) is 0 Å². The van der Waals surface area contributed by atoms with E-state index in [1.54, 1.807) is 0 Å². The maximum Gasteiger partial charge on any atom is 0.180 e. The summed E-state index contributed by atoms with van der Waals surface area (Å²) in [4.78, 5) is 2.38. The van der Waals surface area contributed by atoms with Crippen LogP contribution < -0.4 is 16.0 Å². The van der Waals surface area contributed by atoms with E-state index in [4.69, 9.17) is 11.0 Å². The van der Waals surface area contributed by atoms with Crippen molar-refractivity contribution in [2.45, 2.75) is 11.3 Å². The van der Waals surface area contributed by atoms with Gasteiger partial charge in [0.2, 0.25) is 0 Å². The van der Waals surface area contributed by atoms with Gasteiger partial charge in [0.05, 0.1) is 5.69 Å². The molecule has 1 aliphatic heterocycles. The van der Waals surface area contributed by atoms with Gasteiger partial charge < -0.3 is 16.0 Å². The number of anilines is 2. The predicted molar refractivity (Wildman–Crippen MR) is 76.3 cm³/mol. The zero-order valence-electron chi connectivity index (χ0n) is 10.6. The first-order chi connectivity index (χ1) is 8.95. The maximum atomic E-state index is 11.9. The maximum absolute atomic E-state index is 11.9. The van der Waals surface area contributed by atoms with Crippen LogP contribution in [-0.4, -0.2) is 40.9 Å². The van der Waals surface area contributed by atoms with E-state index < -0.39 is 9.84 Å². The molecule has 6 nitrogen and oxygen atoms in total. The normalized spacial score (nSPS) is 16.9. The summed E-state index contributed by atoms with van der Waals surface area (Å²) in [5, 5.41) is 12.9. The fraction of sp³-hybridized carbons (Fsp3) is 0.545. The van der Waals surface area contributed by atoms with Gasteiger partial charge in [0.15, 0.2) is 9.84 Å². The van der Waals surface area contributed by atoms with Crippen molar-refractivity contribution in [3.8, 4) is 6.07 Å². The summed E-state index contributed by atoms with van der Waals surface area (Å²) < 4.78 is 23.8. The minimum absolute atomic E-state index is 0.0854. The lowest BCUT2D eigenvalue weighted by atomic mass is 10.3. The van der Waals surface area contributed by atoms with Crippen LogP contribution >= 0.6 is 11.3 Å². The molecule has 1 aromatic rings. The second kappa shape index (κ2) is 5.36. The molecule has 19 heavy (non-hydrogen) atoms. The Bertz CT molecular complexity index is 607. The highest BCUT2D eigenvalue weighted by atomic mass is 32.2. The summed E-state index contributed by atoms with van der Waals surface area (Å²) in [6, 6.07) is 1.97. The Kier molecular flexibility index (Phi) is 3.99. The molecule has 1 fully saturated rings. The Hall–Kier alpha value is -1.30. The summed E-state index contributed by atoms with van der Waals surface area (Å²) in [5.74, 6) is 0. The molecule has 104 valence electrons. The van der Waals surface area contributed by atoms with Gasteiger partial charge in [-0.05, 0) is 13.0 Å². The van der Waals surface area contributed by atoms with E-state index in [2.05, 4.69) is 5.32 Å². The van der Waals surface area contributed by atoms with E-state index in [0.717, 1.165) is 43.6 Å². The monoisotopic (exact) mass is 300 g/mol. The van der Waals surface area contributed by atoms with Crippen LogP contribution in [0.4, 0.5) is 10.7 Å². The van der Waals surface area contributed by atoms with Gasteiger partial charge in [0.1, 0.15) is 20.8 Å². The minimum atomic E-state index is -3.44. The van der Waals surface area contributed by atoms with Gasteiger partial charge in [-0.2, -0.15) is 5.26 Å². The Balaban J connectivity index is 2.53. The zero-order chi connectivity index (χ0) is 14.0. The van der Waals surface area contributed by atoms with Gasteiger partial charge in [0.25, 0.3) is 0 Å². The molecular formula is C11H16N4O2S2. The fourth-order valence-electron chi connectivity index (χ4n) is 2.11. The van der Waals surface area contributed by atoms with Crippen molar-refractivity contribution >= 4 is 31.9 Å². The topological polar surface area (TPSA) is 99.2 Å². The smallest absolute Gasteiger partial charge is 0.180 e. The van der Waals surface area contributed by atoms with E-state index in [1.165, 1.54) is 0 Å². The molecule has 8 heteroatoms. The van der Waals surface area contributed by atoms with Crippen molar-refractivity contribution in [3.05, 3.63) is 4.88 Å². The van der Waals surface area contributed by atoms with Crippen molar-refractivity contribution in [1.82, 2.24) is 5.32 Å². The first-order valence-electron chi connectivity index (χ1n) is 5.93. The zero-order valence-corrected chi connectivity index (χ0v) is 12.3. The summed E-state index contributed by atoms with van der Waals surface area (Å²) in [6.45, 7) is 3.19.